The molecule has 0 bridgehead atoms. The first-order chi connectivity index (χ1) is 10.1. The first kappa shape index (κ1) is 15.3. The van der Waals surface area contributed by atoms with E-state index in [2.05, 4.69) is 10.6 Å². The number of nitrogens with one attached hydrogen (secondary N) is 2. The van der Waals surface area contributed by atoms with Gasteiger partial charge in [-0.15, -0.1) is 0 Å². The monoisotopic (exact) mass is 300 g/mol. The summed E-state index contributed by atoms with van der Waals surface area (Å²) in [5.74, 6) is 0.910. The van der Waals surface area contributed by atoms with Crippen molar-refractivity contribution in [2.45, 2.75) is 19.9 Å². The first-order valence-corrected chi connectivity index (χ1v) is 7.37. The molecular weight excluding hydrogens is 280 g/mol. The van der Waals surface area contributed by atoms with Crippen molar-refractivity contribution in [3.63, 3.8) is 0 Å². The summed E-state index contributed by atoms with van der Waals surface area (Å²) in [5, 5.41) is 6.96. The fraction of sp³-hybridized carbons (Fsp3) is 0.235. The van der Waals surface area contributed by atoms with Crippen molar-refractivity contribution in [2.75, 3.05) is 11.9 Å². The van der Waals surface area contributed by atoms with Gasteiger partial charge in [0.05, 0.1) is 6.04 Å². The molecule has 3 nitrogen and oxygen atoms in total. The third-order valence-electron chi connectivity index (χ3n) is 2.99. The smallest absolute Gasteiger partial charge is 0.171 e. The Labute approximate surface area is 131 Å². The van der Waals surface area contributed by atoms with Gasteiger partial charge in [-0.2, -0.15) is 0 Å². The van der Waals surface area contributed by atoms with E-state index in [1.165, 1.54) is 0 Å². The highest BCUT2D eigenvalue weighted by molar-refractivity contribution is 7.80. The van der Waals surface area contributed by atoms with Crippen LogP contribution in [0.25, 0.3) is 0 Å². The number of benzene rings is 2. The topological polar surface area (TPSA) is 33.3 Å². The Morgan fingerprint density at radius 2 is 1.76 bits per heavy atom. The molecule has 2 rings (SSSR count). The zero-order valence-corrected chi connectivity index (χ0v) is 13.1. The lowest BCUT2D eigenvalue weighted by molar-refractivity contribution is 0.285. The van der Waals surface area contributed by atoms with Gasteiger partial charge < -0.3 is 15.4 Å². The summed E-state index contributed by atoms with van der Waals surface area (Å²) in [6.07, 6.45) is 0. The minimum Gasteiger partial charge on any atom is -0.491 e. The number of aryl methyl sites for hydroxylation is 1. The number of hydrogen-bond donors (Lipinski definition) is 2. The third kappa shape index (κ3) is 5.08. The van der Waals surface area contributed by atoms with Crippen molar-refractivity contribution in [3.8, 4) is 5.75 Å². The number of hydrogen-bond acceptors (Lipinski definition) is 2. The maximum absolute atomic E-state index is 5.80. The molecule has 0 aliphatic carbocycles. The highest BCUT2D eigenvalue weighted by atomic mass is 32.1. The van der Waals surface area contributed by atoms with Gasteiger partial charge >= 0.3 is 0 Å². The highest BCUT2D eigenvalue weighted by Gasteiger charge is 2.06. The van der Waals surface area contributed by atoms with E-state index < -0.39 is 0 Å². The molecule has 0 heterocycles. The van der Waals surface area contributed by atoms with E-state index >= 15 is 0 Å². The molecule has 21 heavy (non-hydrogen) atoms. The maximum Gasteiger partial charge on any atom is 0.171 e. The summed E-state index contributed by atoms with van der Waals surface area (Å²) >= 11 is 5.29. The van der Waals surface area contributed by atoms with E-state index in [0.29, 0.717) is 11.7 Å². The molecule has 0 radical (unpaired) electrons. The van der Waals surface area contributed by atoms with Crippen LogP contribution in [-0.2, 0) is 0 Å². The average Bonchev–Trinajstić information content (AvgIpc) is 2.47. The van der Waals surface area contributed by atoms with Crippen molar-refractivity contribution in [1.29, 1.82) is 0 Å². The number of thiocarbonyl (C=S) groups is 1. The molecule has 0 amide bonds. The molecule has 0 aliphatic heterocycles. The Morgan fingerprint density at radius 3 is 2.48 bits per heavy atom. The van der Waals surface area contributed by atoms with Crippen LogP contribution >= 0.6 is 12.2 Å². The molecule has 2 N–H and O–H groups in total. The lowest BCUT2D eigenvalue weighted by atomic mass is 10.2. The molecule has 2 aromatic carbocycles. The fourth-order valence-corrected chi connectivity index (χ4v) is 2.21. The quantitative estimate of drug-likeness (QED) is 0.824. The van der Waals surface area contributed by atoms with E-state index in [1.807, 2.05) is 68.4 Å². The maximum atomic E-state index is 5.80. The Bertz CT molecular complexity index is 586. The molecule has 0 aromatic heterocycles. The minimum atomic E-state index is 0.119. The molecule has 0 spiro atoms. The van der Waals surface area contributed by atoms with Crippen molar-refractivity contribution in [2.24, 2.45) is 0 Å². The van der Waals surface area contributed by atoms with Gasteiger partial charge in [0, 0.05) is 5.69 Å². The van der Waals surface area contributed by atoms with E-state index in [0.717, 1.165) is 17.0 Å². The SMILES string of the molecule is Cc1ccccc1OC[C@H](C)NC(=S)Nc1ccccc1. The Balaban J connectivity index is 1.78. The number of ether oxygens (including phenoxy) is 1. The van der Waals surface area contributed by atoms with Crippen LogP contribution in [0.5, 0.6) is 5.75 Å². The zero-order valence-electron chi connectivity index (χ0n) is 12.3. The number of rotatable bonds is 5. The van der Waals surface area contributed by atoms with Gasteiger partial charge in [-0.05, 0) is 49.8 Å². The fourth-order valence-electron chi connectivity index (χ4n) is 1.89. The normalized spacial score (nSPS) is 11.5. The molecule has 1 atom stereocenters. The van der Waals surface area contributed by atoms with Crippen LogP contribution in [-0.4, -0.2) is 17.8 Å². The van der Waals surface area contributed by atoms with Gasteiger partial charge in [0.25, 0.3) is 0 Å². The van der Waals surface area contributed by atoms with Gasteiger partial charge in [-0.1, -0.05) is 36.4 Å². The van der Waals surface area contributed by atoms with Gasteiger partial charge in [-0.3, -0.25) is 0 Å². The molecule has 110 valence electrons. The standard InChI is InChI=1S/C17H20N2OS/c1-13-8-6-7-11-16(13)20-12-14(2)18-17(21)19-15-9-4-3-5-10-15/h3-11,14H,12H2,1-2H3,(H2,18,19,21)/t14-/m0/s1. The molecule has 2 aromatic rings. The van der Waals surface area contributed by atoms with Crippen molar-refractivity contribution in [1.82, 2.24) is 5.32 Å². The van der Waals surface area contributed by atoms with Crippen LogP contribution < -0.4 is 15.4 Å². The average molecular weight is 300 g/mol. The summed E-state index contributed by atoms with van der Waals surface area (Å²) in [7, 11) is 0. The third-order valence-corrected chi connectivity index (χ3v) is 3.21. The van der Waals surface area contributed by atoms with Crippen LogP contribution in [0.3, 0.4) is 0 Å². The molecule has 4 heteroatoms. The Kier molecular flexibility index (Phi) is 5.58. The second-order valence-electron chi connectivity index (χ2n) is 4.94. The lowest BCUT2D eigenvalue weighted by Gasteiger charge is -2.18. The second kappa shape index (κ2) is 7.64. The van der Waals surface area contributed by atoms with E-state index in [1.54, 1.807) is 0 Å². The van der Waals surface area contributed by atoms with Crippen molar-refractivity contribution in [3.05, 3.63) is 60.2 Å². The number of anilines is 1. The van der Waals surface area contributed by atoms with Crippen molar-refractivity contribution >= 4 is 23.0 Å². The molecule has 0 unspecified atom stereocenters. The molecule has 0 saturated heterocycles. The van der Waals surface area contributed by atoms with Crippen LogP contribution in [0.1, 0.15) is 12.5 Å². The van der Waals surface area contributed by atoms with Gasteiger partial charge in [0.1, 0.15) is 12.4 Å². The van der Waals surface area contributed by atoms with E-state index in [-0.39, 0.29) is 6.04 Å². The Morgan fingerprint density at radius 1 is 1.10 bits per heavy atom. The van der Waals surface area contributed by atoms with Crippen molar-refractivity contribution < 1.29 is 4.74 Å². The van der Waals surface area contributed by atoms with Crippen LogP contribution in [0.2, 0.25) is 0 Å². The van der Waals surface area contributed by atoms with Gasteiger partial charge in [-0.25, -0.2) is 0 Å². The summed E-state index contributed by atoms with van der Waals surface area (Å²) in [4.78, 5) is 0. The lowest BCUT2D eigenvalue weighted by Crippen LogP contribution is -2.39. The predicted molar refractivity (Wildman–Crippen MR) is 91.9 cm³/mol. The number of para-hydroxylation sites is 2. The molecule has 0 fully saturated rings. The summed E-state index contributed by atoms with van der Waals surface area (Å²) in [6.45, 7) is 4.63. The Hall–Kier alpha value is -2.07. The summed E-state index contributed by atoms with van der Waals surface area (Å²) in [6, 6.07) is 18.0. The van der Waals surface area contributed by atoms with Crippen LogP contribution in [0.15, 0.2) is 54.6 Å². The predicted octanol–water partition coefficient (Wildman–Crippen LogP) is 3.75. The summed E-state index contributed by atoms with van der Waals surface area (Å²) < 4.78 is 5.80. The van der Waals surface area contributed by atoms with Crippen LogP contribution in [0.4, 0.5) is 5.69 Å². The minimum absolute atomic E-state index is 0.119. The largest absolute Gasteiger partial charge is 0.491 e. The summed E-state index contributed by atoms with van der Waals surface area (Å²) in [5.41, 5.74) is 2.11. The molecule has 0 saturated carbocycles. The van der Waals surface area contributed by atoms with Gasteiger partial charge in [0.2, 0.25) is 0 Å². The highest BCUT2D eigenvalue weighted by Crippen LogP contribution is 2.16. The van der Waals surface area contributed by atoms with Crippen LogP contribution in [0, 0.1) is 6.92 Å². The first-order valence-electron chi connectivity index (χ1n) is 6.96. The zero-order chi connectivity index (χ0) is 15.1. The second-order valence-corrected chi connectivity index (χ2v) is 5.35. The van der Waals surface area contributed by atoms with E-state index in [9.17, 15) is 0 Å². The molecule has 0 aliphatic rings. The molecular formula is C17H20N2OS. The van der Waals surface area contributed by atoms with Gasteiger partial charge in [0.15, 0.2) is 5.11 Å². The van der Waals surface area contributed by atoms with E-state index in [4.69, 9.17) is 17.0 Å².